The van der Waals surface area contributed by atoms with Gasteiger partial charge in [-0.05, 0) is 83.5 Å². The third-order valence-corrected chi connectivity index (χ3v) is 11.4. The minimum atomic E-state index is -0.809. The molecule has 0 aromatic heterocycles. The maximum atomic E-state index is 12.8. The van der Waals surface area contributed by atoms with Crippen LogP contribution in [0, 0.1) is 0 Å². The smallest absolute Gasteiger partial charge is 0.306 e. The fourth-order valence-electron chi connectivity index (χ4n) is 7.35. The predicted molar refractivity (Wildman–Crippen MR) is 279 cm³/mol. The van der Waals surface area contributed by atoms with Crippen LogP contribution in [0.1, 0.15) is 252 Å². The summed E-state index contributed by atoms with van der Waals surface area (Å²) in [4.78, 5) is 38.0. The first kappa shape index (κ1) is 61.6. The molecule has 0 unspecified atom stereocenters. The molecule has 1 atom stereocenters. The molecule has 65 heavy (non-hydrogen) atoms. The SMILES string of the molecule is CC/C=C\C/C=C\C/C=C\C/C=C\C/C=C\C/C=C\CCC(=O)OC[C@@H](COC(=O)CCCCCCCCCCCCCCC)OC(=O)CCCCCCC/C=C\CCCCCCCC. The van der Waals surface area contributed by atoms with Gasteiger partial charge in [-0.1, -0.05) is 234 Å². The Kier molecular flexibility index (Phi) is 50.4. The van der Waals surface area contributed by atoms with Crippen LogP contribution in [0.15, 0.2) is 85.1 Å². The fraction of sp³-hybridized carbons (Fsp3) is 0.712. The van der Waals surface area contributed by atoms with Crippen LogP contribution >= 0.6 is 0 Å². The molecule has 0 fully saturated rings. The summed E-state index contributed by atoms with van der Waals surface area (Å²) in [6, 6.07) is 0. The molecule has 0 saturated heterocycles. The van der Waals surface area contributed by atoms with Gasteiger partial charge in [-0.25, -0.2) is 0 Å². The molecule has 0 radical (unpaired) electrons. The number of hydrogen-bond donors (Lipinski definition) is 0. The molecular weight excluding hydrogens is 805 g/mol. The van der Waals surface area contributed by atoms with E-state index in [9.17, 15) is 14.4 Å². The van der Waals surface area contributed by atoms with Gasteiger partial charge in [0.05, 0.1) is 0 Å². The van der Waals surface area contributed by atoms with Crippen LogP contribution < -0.4 is 0 Å². The van der Waals surface area contributed by atoms with E-state index in [-0.39, 0.29) is 37.5 Å². The van der Waals surface area contributed by atoms with Crippen LogP contribution in [0.25, 0.3) is 0 Å². The molecule has 0 amide bonds. The van der Waals surface area contributed by atoms with Gasteiger partial charge < -0.3 is 14.2 Å². The van der Waals surface area contributed by atoms with E-state index in [1.54, 1.807) is 0 Å². The molecule has 0 aliphatic rings. The highest BCUT2D eigenvalue weighted by molar-refractivity contribution is 5.71. The van der Waals surface area contributed by atoms with Gasteiger partial charge in [-0.3, -0.25) is 14.4 Å². The van der Waals surface area contributed by atoms with Crippen molar-refractivity contribution in [3.63, 3.8) is 0 Å². The fourth-order valence-corrected chi connectivity index (χ4v) is 7.35. The van der Waals surface area contributed by atoms with E-state index in [0.717, 1.165) is 89.9 Å². The monoisotopic (exact) mass is 905 g/mol. The summed E-state index contributed by atoms with van der Waals surface area (Å²) in [5.41, 5.74) is 0. The van der Waals surface area contributed by atoms with Crippen LogP contribution in [-0.4, -0.2) is 37.2 Å². The Morgan fingerprint density at radius 2 is 0.631 bits per heavy atom. The number of unbranched alkanes of at least 4 members (excludes halogenated alkanes) is 23. The van der Waals surface area contributed by atoms with Crippen molar-refractivity contribution < 1.29 is 28.6 Å². The molecule has 0 saturated carbocycles. The van der Waals surface area contributed by atoms with E-state index in [4.69, 9.17) is 14.2 Å². The van der Waals surface area contributed by atoms with Crippen LogP contribution in [0.3, 0.4) is 0 Å². The second kappa shape index (κ2) is 53.2. The van der Waals surface area contributed by atoms with Crippen molar-refractivity contribution >= 4 is 17.9 Å². The van der Waals surface area contributed by atoms with Crippen molar-refractivity contribution in [2.75, 3.05) is 13.2 Å². The summed E-state index contributed by atoms with van der Waals surface area (Å²) in [6.45, 7) is 6.45. The topological polar surface area (TPSA) is 78.9 Å². The molecule has 0 aliphatic heterocycles. The lowest BCUT2D eigenvalue weighted by atomic mass is 10.0. The summed E-state index contributed by atoms with van der Waals surface area (Å²) in [5, 5.41) is 0. The van der Waals surface area contributed by atoms with Crippen molar-refractivity contribution in [2.24, 2.45) is 0 Å². The number of allylic oxidation sites excluding steroid dienone is 14. The molecular formula is C59H100O6. The average Bonchev–Trinajstić information content (AvgIpc) is 3.30. The number of ether oxygens (including phenoxy) is 3. The molecule has 0 aromatic rings. The largest absolute Gasteiger partial charge is 0.462 e. The second-order valence-electron chi connectivity index (χ2n) is 17.8. The molecule has 0 heterocycles. The summed E-state index contributed by atoms with van der Waals surface area (Å²) in [7, 11) is 0. The Bertz CT molecular complexity index is 1270. The second-order valence-corrected chi connectivity index (χ2v) is 17.8. The van der Waals surface area contributed by atoms with Crippen molar-refractivity contribution in [1.29, 1.82) is 0 Å². The van der Waals surface area contributed by atoms with Crippen molar-refractivity contribution in [3.8, 4) is 0 Å². The zero-order valence-corrected chi connectivity index (χ0v) is 42.5. The standard InChI is InChI=1S/C59H100O6/c1-4-7-10-13-16-19-22-25-27-28-29-30-32-34-37-40-43-46-49-52-58(61)64-55-56(54-63-57(60)51-48-45-42-39-36-33-24-21-18-15-12-9-6-3)65-59(62)53-50-47-44-41-38-35-31-26-23-20-17-14-11-8-5-2/h7,10,16,19,25-27,29-31,34,37,43,46,56H,4-6,8-9,11-15,17-18,20-24,28,32-33,35-36,38-42,44-45,47-55H2,1-3H3/b10-7-,19-16-,27-25-,30-29-,31-26-,37-34-,46-43-/t56-/m1/s1. The highest BCUT2D eigenvalue weighted by Gasteiger charge is 2.19. The zero-order chi connectivity index (χ0) is 47.2. The van der Waals surface area contributed by atoms with Gasteiger partial charge in [0, 0.05) is 19.3 Å². The van der Waals surface area contributed by atoms with Gasteiger partial charge in [0.15, 0.2) is 6.10 Å². The number of carbonyl (C=O) groups is 3. The number of hydrogen-bond acceptors (Lipinski definition) is 6. The van der Waals surface area contributed by atoms with E-state index in [1.807, 2.05) is 6.08 Å². The third kappa shape index (κ3) is 51.4. The van der Waals surface area contributed by atoms with Crippen LogP contribution in [-0.2, 0) is 28.6 Å². The van der Waals surface area contributed by atoms with Gasteiger partial charge >= 0.3 is 17.9 Å². The summed E-state index contributed by atoms with van der Waals surface area (Å²) >= 11 is 0. The molecule has 6 heteroatoms. The number of rotatable bonds is 48. The first-order chi connectivity index (χ1) is 32.0. The lowest BCUT2D eigenvalue weighted by molar-refractivity contribution is -0.166. The Labute approximate surface area is 401 Å². The molecule has 0 aromatic carbocycles. The average molecular weight is 905 g/mol. The molecule has 0 aliphatic carbocycles. The van der Waals surface area contributed by atoms with E-state index >= 15 is 0 Å². The summed E-state index contributed by atoms with van der Waals surface area (Å²) < 4.78 is 16.7. The highest BCUT2D eigenvalue weighted by Crippen LogP contribution is 2.15. The van der Waals surface area contributed by atoms with Crippen LogP contribution in [0.5, 0.6) is 0 Å². The van der Waals surface area contributed by atoms with Gasteiger partial charge in [0.2, 0.25) is 0 Å². The maximum Gasteiger partial charge on any atom is 0.306 e. The Morgan fingerprint density at radius 1 is 0.323 bits per heavy atom. The van der Waals surface area contributed by atoms with E-state index in [0.29, 0.717) is 19.3 Å². The van der Waals surface area contributed by atoms with Crippen LogP contribution in [0.2, 0.25) is 0 Å². The summed E-state index contributed by atoms with van der Waals surface area (Å²) in [5.74, 6) is -0.995. The van der Waals surface area contributed by atoms with Gasteiger partial charge in [0.1, 0.15) is 13.2 Å². The van der Waals surface area contributed by atoms with Gasteiger partial charge in [-0.2, -0.15) is 0 Å². The van der Waals surface area contributed by atoms with E-state index in [2.05, 4.69) is 99.8 Å². The Morgan fingerprint density at radius 3 is 1.03 bits per heavy atom. The zero-order valence-electron chi connectivity index (χ0n) is 42.5. The molecule has 0 rings (SSSR count). The van der Waals surface area contributed by atoms with E-state index in [1.165, 1.54) is 116 Å². The van der Waals surface area contributed by atoms with Crippen molar-refractivity contribution in [1.82, 2.24) is 0 Å². The quantitative estimate of drug-likeness (QED) is 0.0262. The molecule has 372 valence electrons. The number of esters is 3. The first-order valence-corrected chi connectivity index (χ1v) is 27.1. The molecule has 0 spiro atoms. The summed E-state index contributed by atoms with van der Waals surface area (Å²) in [6.07, 6.45) is 68.6. The molecule has 0 bridgehead atoms. The van der Waals surface area contributed by atoms with Gasteiger partial charge in [-0.15, -0.1) is 0 Å². The van der Waals surface area contributed by atoms with Crippen molar-refractivity contribution in [2.45, 2.75) is 258 Å². The van der Waals surface area contributed by atoms with Gasteiger partial charge in [0.25, 0.3) is 0 Å². The van der Waals surface area contributed by atoms with Crippen molar-refractivity contribution in [3.05, 3.63) is 85.1 Å². The Hall–Kier alpha value is -3.41. The first-order valence-electron chi connectivity index (χ1n) is 27.1. The minimum absolute atomic E-state index is 0.101. The lowest BCUT2D eigenvalue weighted by Gasteiger charge is -2.18. The highest BCUT2D eigenvalue weighted by atomic mass is 16.6. The Balaban J connectivity index is 4.50. The number of carbonyl (C=O) groups excluding carboxylic acids is 3. The third-order valence-electron chi connectivity index (χ3n) is 11.4. The van der Waals surface area contributed by atoms with Crippen LogP contribution in [0.4, 0.5) is 0 Å². The van der Waals surface area contributed by atoms with E-state index < -0.39 is 6.10 Å². The predicted octanol–water partition coefficient (Wildman–Crippen LogP) is 18.0. The normalized spacial score (nSPS) is 12.7. The minimum Gasteiger partial charge on any atom is -0.462 e. The molecule has 6 nitrogen and oxygen atoms in total. The lowest BCUT2D eigenvalue weighted by Crippen LogP contribution is -2.30. The maximum absolute atomic E-state index is 12.8. The molecule has 0 N–H and O–H groups in total.